The number of aliphatic hydroxyl groups excluding tert-OH is 2. The molecule has 0 heterocycles. The van der Waals surface area contributed by atoms with Gasteiger partial charge in [-0.25, -0.2) is 0 Å². The molecule has 2 bridgehead atoms. The van der Waals surface area contributed by atoms with Crippen molar-refractivity contribution in [2.75, 3.05) is 0 Å². The van der Waals surface area contributed by atoms with E-state index in [1.165, 1.54) is 20.8 Å². The number of hydrogen-bond acceptors (Lipinski definition) is 9. The zero-order chi connectivity index (χ0) is 26.2. The predicted molar refractivity (Wildman–Crippen MR) is 121 cm³/mol. The molecule has 10 unspecified atom stereocenters. The minimum Gasteiger partial charge on any atom is -0.459 e. The van der Waals surface area contributed by atoms with E-state index in [1.54, 1.807) is 0 Å². The molecule has 194 valence electrons. The smallest absolute Gasteiger partial charge is 0.303 e. The number of fused-ring (bicyclic) bond motifs is 3. The molecule has 4 rings (SSSR count). The second-order valence-electron chi connectivity index (χ2n) is 11.8. The summed E-state index contributed by atoms with van der Waals surface area (Å²) in [6.07, 6.45) is -4.41. The van der Waals surface area contributed by atoms with Gasteiger partial charge in [-0.15, -0.1) is 0 Å². The molecule has 0 aliphatic heterocycles. The minimum absolute atomic E-state index is 0.150. The van der Waals surface area contributed by atoms with Crippen LogP contribution in [-0.2, 0) is 33.4 Å². The molecule has 1 spiro atoms. The summed E-state index contributed by atoms with van der Waals surface area (Å²) in [6, 6.07) is 0. The van der Waals surface area contributed by atoms with Crippen molar-refractivity contribution in [1.29, 1.82) is 0 Å². The van der Waals surface area contributed by atoms with Crippen molar-refractivity contribution in [2.45, 2.75) is 91.3 Å². The van der Waals surface area contributed by atoms with E-state index < -0.39 is 76.5 Å². The Hall–Kier alpha value is -2.26. The van der Waals surface area contributed by atoms with Crippen LogP contribution in [0.25, 0.3) is 0 Å². The Bertz CT molecular complexity index is 985. The quantitative estimate of drug-likeness (QED) is 0.343. The summed E-state index contributed by atoms with van der Waals surface area (Å²) in [5.41, 5.74) is -2.91. The first-order valence-electron chi connectivity index (χ1n) is 12.2. The third-order valence-corrected chi connectivity index (χ3v) is 9.27. The van der Waals surface area contributed by atoms with Crippen molar-refractivity contribution >= 4 is 23.7 Å². The molecule has 0 radical (unpaired) electrons. The van der Waals surface area contributed by atoms with Crippen LogP contribution in [-0.4, -0.2) is 64.4 Å². The van der Waals surface area contributed by atoms with E-state index in [2.05, 4.69) is 6.58 Å². The van der Waals surface area contributed by atoms with Crippen molar-refractivity contribution in [3.63, 3.8) is 0 Å². The van der Waals surface area contributed by atoms with E-state index in [0.29, 0.717) is 18.4 Å². The molecule has 2 N–H and O–H groups in total. The molecule has 4 fully saturated rings. The highest BCUT2D eigenvalue weighted by molar-refractivity contribution is 6.03. The standard InChI is InChI=1S/C26H36O9/c1-11-15-8-16(30)19-25(7)10-17(33-12(2)27)23(35-14(4)29)24(5,6)20(25)18(34-13(3)28)22(32)26(19,9-15)21(11)31/h15-20,22-23,30,32H,1,8-10H2,2-7H3. The fourth-order valence-corrected chi connectivity index (χ4v) is 8.65. The zero-order valence-corrected chi connectivity index (χ0v) is 21.2. The van der Waals surface area contributed by atoms with Gasteiger partial charge in [0.2, 0.25) is 0 Å². The summed E-state index contributed by atoms with van der Waals surface area (Å²) in [7, 11) is 0. The Labute approximate surface area is 205 Å². The summed E-state index contributed by atoms with van der Waals surface area (Å²) >= 11 is 0. The van der Waals surface area contributed by atoms with Crippen LogP contribution < -0.4 is 0 Å². The molecule has 0 amide bonds. The van der Waals surface area contributed by atoms with Gasteiger partial charge in [0, 0.05) is 38.0 Å². The normalized spacial score (nSPS) is 45.7. The molecule has 9 nitrogen and oxygen atoms in total. The van der Waals surface area contributed by atoms with Crippen LogP contribution in [0.1, 0.15) is 60.8 Å². The van der Waals surface area contributed by atoms with Gasteiger partial charge in [0.15, 0.2) is 5.78 Å². The molecule has 0 aromatic carbocycles. The van der Waals surface area contributed by atoms with Gasteiger partial charge in [0.1, 0.15) is 24.4 Å². The van der Waals surface area contributed by atoms with E-state index in [9.17, 15) is 29.4 Å². The van der Waals surface area contributed by atoms with Crippen LogP contribution in [0.15, 0.2) is 12.2 Å². The van der Waals surface area contributed by atoms with E-state index in [4.69, 9.17) is 14.2 Å². The van der Waals surface area contributed by atoms with Gasteiger partial charge in [-0.05, 0) is 36.2 Å². The Morgan fingerprint density at radius 2 is 1.49 bits per heavy atom. The van der Waals surface area contributed by atoms with Gasteiger partial charge in [0.05, 0.1) is 11.5 Å². The average molecular weight is 493 g/mol. The number of ketones is 1. The number of aliphatic hydroxyl groups is 2. The molecule has 0 saturated heterocycles. The lowest BCUT2D eigenvalue weighted by atomic mass is 9.38. The number of ether oxygens (including phenoxy) is 3. The van der Waals surface area contributed by atoms with Gasteiger partial charge in [-0.3, -0.25) is 19.2 Å². The number of rotatable bonds is 3. The molecule has 4 aliphatic carbocycles. The third-order valence-electron chi connectivity index (χ3n) is 9.27. The number of allylic oxidation sites excluding steroid dienone is 1. The van der Waals surface area contributed by atoms with E-state index in [-0.39, 0.29) is 18.1 Å². The fourth-order valence-electron chi connectivity index (χ4n) is 8.65. The Kier molecular flexibility index (Phi) is 6.00. The molecule has 35 heavy (non-hydrogen) atoms. The van der Waals surface area contributed by atoms with Gasteiger partial charge >= 0.3 is 17.9 Å². The Morgan fingerprint density at radius 1 is 0.914 bits per heavy atom. The molecular weight excluding hydrogens is 456 g/mol. The average Bonchev–Trinajstić information content (AvgIpc) is 2.89. The summed E-state index contributed by atoms with van der Waals surface area (Å²) in [5.74, 6) is -3.65. The topological polar surface area (TPSA) is 136 Å². The Morgan fingerprint density at radius 3 is 2.03 bits per heavy atom. The molecule has 4 saturated carbocycles. The van der Waals surface area contributed by atoms with Crippen LogP contribution in [0.4, 0.5) is 0 Å². The molecule has 0 aromatic rings. The van der Waals surface area contributed by atoms with Gasteiger partial charge in [0.25, 0.3) is 0 Å². The van der Waals surface area contributed by atoms with Crippen molar-refractivity contribution in [1.82, 2.24) is 0 Å². The second-order valence-corrected chi connectivity index (χ2v) is 11.8. The van der Waals surface area contributed by atoms with Gasteiger partial charge in [-0.2, -0.15) is 0 Å². The van der Waals surface area contributed by atoms with Crippen LogP contribution >= 0.6 is 0 Å². The molecule has 9 heteroatoms. The highest BCUT2D eigenvalue weighted by atomic mass is 16.6. The Balaban J connectivity index is 1.95. The highest BCUT2D eigenvalue weighted by Crippen LogP contribution is 2.71. The number of esters is 3. The van der Waals surface area contributed by atoms with Crippen LogP contribution in [0.5, 0.6) is 0 Å². The SMILES string of the molecule is C=C1C(=O)C23CC1CC(O)C2C1(C)CC(OC(C)=O)C(OC(C)=O)C(C)(C)C1C(OC(C)=O)C3O. The molecule has 0 aromatic heterocycles. The monoisotopic (exact) mass is 492 g/mol. The summed E-state index contributed by atoms with van der Waals surface area (Å²) in [4.78, 5) is 50.1. The van der Waals surface area contributed by atoms with Crippen LogP contribution in [0.2, 0.25) is 0 Å². The number of hydrogen-bond donors (Lipinski definition) is 2. The predicted octanol–water partition coefficient (Wildman–Crippen LogP) is 1.72. The lowest BCUT2D eigenvalue weighted by Crippen LogP contribution is -2.75. The maximum atomic E-state index is 13.7. The first-order chi connectivity index (χ1) is 16.1. The highest BCUT2D eigenvalue weighted by Gasteiger charge is 2.77. The maximum absolute atomic E-state index is 13.7. The zero-order valence-electron chi connectivity index (χ0n) is 21.2. The largest absolute Gasteiger partial charge is 0.459 e. The lowest BCUT2D eigenvalue weighted by Gasteiger charge is -2.68. The third kappa shape index (κ3) is 3.49. The first kappa shape index (κ1) is 25.8. The number of Topliss-reactive ketones (excluding diaryl/α,β-unsaturated/α-hetero) is 1. The summed E-state index contributed by atoms with van der Waals surface area (Å²) < 4.78 is 17.1. The maximum Gasteiger partial charge on any atom is 0.303 e. The summed E-state index contributed by atoms with van der Waals surface area (Å²) in [6.45, 7) is 13.3. The molecular formula is C26H36O9. The van der Waals surface area contributed by atoms with Crippen molar-refractivity contribution in [2.24, 2.45) is 34.0 Å². The molecule has 10 atom stereocenters. The van der Waals surface area contributed by atoms with E-state index in [1.807, 2.05) is 20.8 Å². The van der Waals surface area contributed by atoms with E-state index in [0.717, 1.165) is 0 Å². The van der Waals surface area contributed by atoms with Crippen molar-refractivity contribution < 1.29 is 43.6 Å². The van der Waals surface area contributed by atoms with Crippen molar-refractivity contribution in [3.8, 4) is 0 Å². The molecule has 4 aliphatic rings. The number of carbonyl (C=O) groups excluding carboxylic acids is 4. The fraction of sp³-hybridized carbons (Fsp3) is 0.769. The summed E-state index contributed by atoms with van der Waals surface area (Å²) in [5, 5.41) is 23.3. The van der Waals surface area contributed by atoms with Gasteiger partial charge < -0.3 is 24.4 Å². The van der Waals surface area contributed by atoms with Crippen LogP contribution in [0.3, 0.4) is 0 Å². The minimum atomic E-state index is -1.39. The first-order valence-corrected chi connectivity index (χ1v) is 12.2. The second kappa shape index (κ2) is 8.13. The lowest BCUT2D eigenvalue weighted by molar-refractivity contribution is -0.298. The number of carbonyl (C=O) groups is 4. The van der Waals surface area contributed by atoms with Crippen molar-refractivity contribution in [3.05, 3.63) is 12.2 Å². The van der Waals surface area contributed by atoms with E-state index >= 15 is 0 Å². The van der Waals surface area contributed by atoms with Gasteiger partial charge in [-0.1, -0.05) is 27.4 Å². The van der Waals surface area contributed by atoms with Crippen LogP contribution in [0, 0.1) is 34.0 Å².